The fourth-order valence-electron chi connectivity index (χ4n) is 1.72. The fourth-order valence-corrected chi connectivity index (χ4v) is 1.72. The number of aryl methyl sites for hydroxylation is 1. The first-order valence-corrected chi connectivity index (χ1v) is 5.22. The van der Waals surface area contributed by atoms with Gasteiger partial charge >= 0.3 is 0 Å². The van der Waals surface area contributed by atoms with Gasteiger partial charge in [-0.15, -0.1) is 0 Å². The molecule has 14 heavy (non-hydrogen) atoms. The molecule has 1 unspecified atom stereocenters. The van der Waals surface area contributed by atoms with Gasteiger partial charge in [-0.05, 0) is 24.8 Å². The molecule has 1 fully saturated rings. The van der Waals surface area contributed by atoms with Crippen LogP contribution in [-0.2, 0) is 0 Å². The van der Waals surface area contributed by atoms with Crippen LogP contribution in [0.25, 0.3) is 0 Å². The molecule has 3 nitrogen and oxygen atoms in total. The van der Waals surface area contributed by atoms with Gasteiger partial charge in [-0.2, -0.15) is 0 Å². The first kappa shape index (κ1) is 9.59. The predicted molar refractivity (Wildman–Crippen MR) is 53.7 cm³/mol. The van der Waals surface area contributed by atoms with E-state index in [4.69, 9.17) is 0 Å². The molecule has 3 heteroatoms. The molecule has 0 spiro atoms. The SMILES string of the molecule is Cc1cnc(C(O)CC2CCC2)nc1. The van der Waals surface area contributed by atoms with E-state index in [1.807, 2.05) is 6.92 Å². The van der Waals surface area contributed by atoms with E-state index in [-0.39, 0.29) is 0 Å². The Morgan fingerprint density at radius 1 is 1.43 bits per heavy atom. The molecule has 1 aliphatic rings. The monoisotopic (exact) mass is 192 g/mol. The van der Waals surface area contributed by atoms with E-state index in [0.29, 0.717) is 11.7 Å². The van der Waals surface area contributed by atoms with Crippen LogP contribution in [0.3, 0.4) is 0 Å². The van der Waals surface area contributed by atoms with E-state index in [9.17, 15) is 5.11 Å². The number of rotatable bonds is 3. The molecule has 1 heterocycles. The third-order valence-electron chi connectivity index (χ3n) is 2.88. The second kappa shape index (κ2) is 4.05. The summed E-state index contributed by atoms with van der Waals surface area (Å²) in [5.74, 6) is 1.26. The first-order valence-electron chi connectivity index (χ1n) is 5.22. The van der Waals surface area contributed by atoms with E-state index in [1.54, 1.807) is 12.4 Å². The average molecular weight is 192 g/mol. The Morgan fingerprint density at radius 3 is 2.57 bits per heavy atom. The van der Waals surface area contributed by atoms with Gasteiger partial charge in [-0.3, -0.25) is 0 Å². The van der Waals surface area contributed by atoms with Crippen LogP contribution in [0.1, 0.15) is 43.2 Å². The van der Waals surface area contributed by atoms with E-state index in [2.05, 4.69) is 9.97 Å². The van der Waals surface area contributed by atoms with Crippen LogP contribution in [0.2, 0.25) is 0 Å². The van der Waals surface area contributed by atoms with Gasteiger partial charge in [0, 0.05) is 12.4 Å². The molecule has 1 N–H and O–H groups in total. The fraction of sp³-hybridized carbons (Fsp3) is 0.636. The number of hydrogen-bond donors (Lipinski definition) is 1. The zero-order valence-corrected chi connectivity index (χ0v) is 8.48. The maximum atomic E-state index is 9.82. The Bertz CT molecular complexity index is 293. The first-order chi connectivity index (χ1) is 6.75. The highest BCUT2D eigenvalue weighted by Crippen LogP contribution is 2.33. The molecule has 0 bridgehead atoms. The van der Waals surface area contributed by atoms with Crippen molar-refractivity contribution in [2.45, 2.75) is 38.7 Å². The van der Waals surface area contributed by atoms with Gasteiger partial charge in [0.2, 0.25) is 0 Å². The van der Waals surface area contributed by atoms with Crippen molar-refractivity contribution in [2.24, 2.45) is 5.92 Å². The Kier molecular flexibility index (Phi) is 2.77. The maximum absolute atomic E-state index is 9.82. The summed E-state index contributed by atoms with van der Waals surface area (Å²) in [6, 6.07) is 0. The van der Waals surface area contributed by atoms with Gasteiger partial charge in [0.1, 0.15) is 6.10 Å². The van der Waals surface area contributed by atoms with Gasteiger partial charge < -0.3 is 5.11 Å². The quantitative estimate of drug-likeness (QED) is 0.796. The van der Waals surface area contributed by atoms with Crippen molar-refractivity contribution in [1.82, 2.24) is 9.97 Å². The van der Waals surface area contributed by atoms with Crippen molar-refractivity contribution < 1.29 is 5.11 Å². The Labute approximate surface area is 84.2 Å². The van der Waals surface area contributed by atoms with Crippen molar-refractivity contribution in [3.8, 4) is 0 Å². The lowest BCUT2D eigenvalue weighted by atomic mass is 9.81. The lowest BCUT2D eigenvalue weighted by Crippen LogP contribution is -2.16. The van der Waals surface area contributed by atoms with E-state index in [0.717, 1.165) is 12.0 Å². The van der Waals surface area contributed by atoms with Crippen LogP contribution in [0.4, 0.5) is 0 Å². The van der Waals surface area contributed by atoms with E-state index in [1.165, 1.54) is 19.3 Å². The highest BCUT2D eigenvalue weighted by molar-refractivity contribution is 5.03. The Hall–Kier alpha value is -0.960. The summed E-state index contributed by atoms with van der Waals surface area (Å²) in [6.45, 7) is 1.95. The summed E-state index contributed by atoms with van der Waals surface area (Å²) in [4.78, 5) is 8.26. The minimum atomic E-state index is -0.471. The topological polar surface area (TPSA) is 46.0 Å². The van der Waals surface area contributed by atoms with Crippen LogP contribution in [-0.4, -0.2) is 15.1 Å². The lowest BCUT2D eigenvalue weighted by Gasteiger charge is -2.26. The second-order valence-corrected chi connectivity index (χ2v) is 4.17. The molecule has 0 radical (unpaired) electrons. The van der Waals surface area contributed by atoms with Gasteiger partial charge in [0.25, 0.3) is 0 Å². The zero-order chi connectivity index (χ0) is 9.97. The summed E-state index contributed by atoms with van der Waals surface area (Å²) in [6.07, 6.45) is 7.68. The maximum Gasteiger partial charge on any atom is 0.156 e. The molecule has 1 saturated carbocycles. The number of hydrogen-bond acceptors (Lipinski definition) is 3. The van der Waals surface area contributed by atoms with Crippen molar-refractivity contribution in [2.75, 3.05) is 0 Å². The van der Waals surface area contributed by atoms with Crippen LogP contribution in [0.5, 0.6) is 0 Å². The largest absolute Gasteiger partial charge is 0.385 e. The molecule has 1 aliphatic carbocycles. The van der Waals surface area contributed by atoms with Gasteiger partial charge in [-0.25, -0.2) is 9.97 Å². The third kappa shape index (κ3) is 2.10. The molecular formula is C11H16N2O. The Balaban J connectivity index is 1.95. The minimum absolute atomic E-state index is 0.471. The van der Waals surface area contributed by atoms with Crippen molar-refractivity contribution >= 4 is 0 Å². The summed E-state index contributed by atoms with van der Waals surface area (Å²) < 4.78 is 0. The number of aromatic nitrogens is 2. The van der Waals surface area contributed by atoms with Gasteiger partial charge in [-0.1, -0.05) is 19.3 Å². The standard InChI is InChI=1S/C11H16N2O/c1-8-6-12-11(13-7-8)10(14)5-9-3-2-4-9/h6-7,9-10,14H,2-5H2,1H3. The minimum Gasteiger partial charge on any atom is -0.385 e. The van der Waals surface area contributed by atoms with E-state index >= 15 is 0 Å². The van der Waals surface area contributed by atoms with Crippen molar-refractivity contribution in [3.05, 3.63) is 23.8 Å². The van der Waals surface area contributed by atoms with Gasteiger partial charge in [0.05, 0.1) is 0 Å². The summed E-state index contributed by atoms with van der Waals surface area (Å²) in [7, 11) is 0. The van der Waals surface area contributed by atoms with Crippen LogP contribution < -0.4 is 0 Å². The second-order valence-electron chi connectivity index (χ2n) is 4.17. The van der Waals surface area contributed by atoms with Crippen molar-refractivity contribution in [3.63, 3.8) is 0 Å². The van der Waals surface area contributed by atoms with Crippen LogP contribution >= 0.6 is 0 Å². The molecular weight excluding hydrogens is 176 g/mol. The van der Waals surface area contributed by atoms with E-state index < -0.39 is 6.10 Å². The molecule has 0 saturated heterocycles. The molecule has 0 aliphatic heterocycles. The molecule has 2 rings (SSSR count). The summed E-state index contributed by atoms with van der Waals surface area (Å²) >= 11 is 0. The highest BCUT2D eigenvalue weighted by Gasteiger charge is 2.22. The number of aliphatic hydroxyl groups excluding tert-OH is 1. The highest BCUT2D eigenvalue weighted by atomic mass is 16.3. The number of nitrogens with zero attached hydrogens (tertiary/aromatic N) is 2. The van der Waals surface area contributed by atoms with Crippen LogP contribution in [0, 0.1) is 12.8 Å². The summed E-state index contributed by atoms with van der Waals surface area (Å²) in [5.41, 5.74) is 1.03. The summed E-state index contributed by atoms with van der Waals surface area (Å²) in [5, 5.41) is 9.82. The molecule has 0 amide bonds. The zero-order valence-electron chi connectivity index (χ0n) is 8.48. The normalized spacial score (nSPS) is 19.0. The Morgan fingerprint density at radius 2 is 2.07 bits per heavy atom. The number of aliphatic hydroxyl groups is 1. The van der Waals surface area contributed by atoms with Crippen LogP contribution in [0.15, 0.2) is 12.4 Å². The lowest BCUT2D eigenvalue weighted by molar-refractivity contribution is 0.111. The third-order valence-corrected chi connectivity index (χ3v) is 2.88. The predicted octanol–water partition coefficient (Wildman–Crippen LogP) is 2.01. The molecule has 1 aromatic rings. The molecule has 76 valence electrons. The average Bonchev–Trinajstić information content (AvgIpc) is 2.12. The molecule has 1 atom stereocenters. The molecule has 0 aromatic carbocycles. The van der Waals surface area contributed by atoms with Gasteiger partial charge in [0.15, 0.2) is 5.82 Å². The van der Waals surface area contributed by atoms with Crippen molar-refractivity contribution in [1.29, 1.82) is 0 Å². The smallest absolute Gasteiger partial charge is 0.156 e. The molecule has 1 aromatic heterocycles.